The Kier molecular flexibility index (Phi) is 14.0. The first-order valence-electron chi connectivity index (χ1n) is 12.2. The minimum Gasteiger partial charge on any atom is -0.299 e. The Morgan fingerprint density at radius 2 is 1.38 bits per heavy atom. The molecule has 0 spiro atoms. The highest BCUT2D eigenvalue weighted by molar-refractivity contribution is 6.02. The fraction of sp³-hybridized carbons (Fsp3) is 0.621. The molecule has 0 heterocycles. The van der Waals surface area contributed by atoms with Gasteiger partial charge in [-0.1, -0.05) is 82.1 Å². The molecule has 180 valence electrons. The van der Waals surface area contributed by atoms with Crippen LogP contribution in [0.15, 0.2) is 46.6 Å². The van der Waals surface area contributed by atoms with Crippen LogP contribution in [-0.2, 0) is 14.4 Å². The lowest BCUT2D eigenvalue weighted by Gasteiger charge is -2.15. The number of carbonyl (C=O) groups excluding carboxylic acids is 3. The molecule has 0 N–H and O–H groups in total. The molecule has 0 fully saturated rings. The summed E-state index contributed by atoms with van der Waals surface area (Å²) in [5.41, 5.74) is 4.23. The molecule has 0 aliphatic rings. The monoisotopic (exact) mass is 442 g/mol. The van der Waals surface area contributed by atoms with Gasteiger partial charge in [-0.3, -0.25) is 14.4 Å². The predicted octanol–water partition coefficient (Wildman–Crippen LogP) is 7.62. The fourth-order valence-corrected chi connectivity index (χ4v) is 4.26. The molecule has 0 rings (SSSR count). The molecule has 32 heavy (non-hydrogen) atoms. The Bertz CT molecular complexity index is 776. The summed E-state index contributed by atoms with van der Waals surface area (Å²) in [7, 11) is 0. The van der Waals surface area contributed by atoms with Gasteiger partial charge in [0, 0.05) is 18.3 Å². The average molecular weight is 443 g/mol. The molecule has 0 radical (unpaired) electrons. The highest BCUT2D eigenvalue weighted by atomic mass is 16.2. The highest BCUT2D eigenvalue weighted by Crippen LogP contribution is 2.20. The zero-order valence-corrected chi connectivity index (χ0v) is 22.2. The normalized spacial score (nSPS) is 17.6. The molecule has 0 aromatic rings. The van der Waals surface area contributed by atoms with Gasteiger partial charge >= 0.3 is 0 Å². The van der Waals surface area contributed by atoms with Crippen LogP contribution < -0.4 is 0 Å². The minimum absolute atomic E-state index is 0.0141. The summed E-state index contributed by atoms with van der Waals surface area (Å²) >= 11 is 0. The van der Waals surface area contributed by atoms with Gasteiger partial charge in [-0.15, -0.1) is 0 Å². The van der Waals surface area contributed by atoms with Gasteiger partial charge in [0.2, 0.25) is 0 Å². The van der Waals surface area contributed by atoms with Crippen LogP contribution in [0.25, 0.3) is 0 Å². The van der Waals surface area contributed by atoms with E-state index in [1.165, 1.54) is 0 Å². The van der Waals surface area contributed by atoms with Gasteiger partial charge in [0.1, 0.15) is 11.6 Å². The molecule has 3 nitrogen and oxygen atoms in total. The molecule has 0 aromatic carbocycles. The first kappa shape index (κ1) is 30.0. The molecule has 0 aromatic heterocycles. The Hall–Kier alpha value is -2.03. The number of Topliss-reactive ketones (excluding diaryl/α,β-unsaturated/α-hetero) is 3. The number of hydrogen-bond donors (Lipinski definition) is 0. The van der Waals surface area contributed by atoms with Crippen LogP contribution in [0.4, 0.5) is 0 Å². The molecular weight excluding hydrogens is 396 g/mol. The molecule has 3 heteroatoms. The Morgan fingerprint density at radius 1 is 0.781 bits per heavy atom. The second-order valence-electron chi connectivity index (χ2n) is 9.60. The first-order chi connectivity index (χ1) is 14.8. The summed E-state index contributed by atoms with van der Waals surface area (Å²) in [6.07, 6.45) is 11.5. The Labute approximate surface area is 197 Å². The second kappa shape index (κ2) is 14.9. The quantitative estimate of drug-likeness (QED) is 0.158. The van der Waals surface area contributed by atoms with Crippen molar-refractivity contribution in [3.8, 4) is 0 Å². The zero-order chi connectivity index (χ0) is 25.0. The third-order valence-electron chi connectivity index (χ3n) is 5.90. The van der Waals surface area contributed by atoms with E-state index in [0.717, 1.165) is 35.1 Å². The average Bonchev–Trinajstić information content (AvgIpc) is 2.70. The van der Waals surface area contributed by atoms with Crippen LogP contribution >= 0.6 is 0 Å². The van der Waals surface area contributed by atoms with Crippen LogP contribution in [0, 0.1) is 23.7 Å². The number of ketones is 3. The SMILES string of the molecule is CCCC(C)C(=O)/C(C)=C/C(C)/C=C(C)/C=C(C)/C=C(\C)CC(C)C(=O)C(C)C(=O)CC. The Morgan fingerprint density at radius 3 is 1.91 bits per heavy atom. The summed E-state index contributed by atoms with van der Waals surface area (Å²) in [5, 5.41) is 0. The number of rotatable bonds is 14. The number of allylic oxidation sites excluding steroid dienone is 8. The number of carbonyl (C=O) groups is 3. The van der Waals surface area contributed by atoms with E-state index in [0.29, 0.717) is 12.8 Å². The largest absolute Gasteiger partial charge is 0.299 e. The van der Waals surface area contributed by atoms with Crippen molar-refractivity contribution >= 4 is 17.3 Å². The van der Waals surface area contributed by atoms with Gasteiger partial charge in [0.25, 0.3) is 0 Å². The van der Waals surface area contributed by atoms with Crippen molar-refractivity contribution in [1.29, 1.82) is 0 Å². The summed E-state index contributed by atoms with van der Waals surface area (Å²) in [4.78, 5) is 36.7. The van der Waals surface area contributed by atoms with Crippen molar-refractivity contribution in [3.05, 3.63) is 46.6 Å². The summed E-state index contributed by atoms with van der Waals surface area (Å²) in [5.74, 6) is -0.130. The van der Waals surface area contributed by atoms with Gasteiger partial charge in [0.15, 0.2) is 5.78 Å². The van der Waals surface area contributed by atoms with Crippen molar-refractivity contribution in [1.82, 2.24) is 0 Å². The van der Waals surface area contributed by atoms with E-state index in [4.69, 9.17) is 0 Å². The molecule has 0 aliphatic carbocycles. The third-order valence-corrected chi connectivity index (χ3v) is 5.90. The van der Waals surface area contributed by atoms with Crippen LogP contribution in [0.5, 0.6) is 0 Å². The summed E-state index contributed by atoms with van der Waals surface area (Å²) in [6.45, 7) is 19.7. The van der Waals surface area contributed by atoms with Gasteiger partial charge in [-0.25, -0.2) is 0 Å². The topological polar surface area (TPSA) is 51.2 Å². The van der Waals surface area contributed by atoms with Crippen LogP contribution in [0.2, 0.25) is 0 Å². The van der Waals surface area contributed by atoms with E-state index >= 15 is 0 Å². The smallest absolute Gasteiger partial charge is 0.161 e. The standard InChI is InChI=1S/C29H46O3/c1-11-13-23(7)28(31)24(8)17-21(5)15-19(3)14-20(4)16-22(6)18-25(9)29(32)26(10)27(30)12-2/h14-17,21,23,25-26H,11-13,18H2,1-10H3/b19-15+,20-14+,22-16+,24-17+. The molecule has 4 atom stereocenters. The second-order valence-corrected chi connectivity index (χ2v) is 9.60. The van der Waals surface area contributed by atoms with Gasteiger partial charge in [-0.2, -0.15) is 0 Å². The fourth-order valence-electron chi connectivity index (χ4n) is 4.26. The van der Waals surface area contributed by atoms with Crippen molar-refractivity contribution < 1.29 is 14.4 Å². The zero-order valence-electron chi connectivity index (χ0n) is 22.2. The lowest BCUT2D eigenvalue weighted by molar-refractivity contribution is -0.134. The van der Waals surface area contributed by atoms with Crippen molar-refractivity contribution in [2.24, 2.45) is 23.7 Å². The number of hydrogen-bond acceptors (Lipinski definition) is 3. The molecule has 0 bridgehead atoms. The van der Waals surface area contributed by atoms with E-state index in [1.54, 1.807) is 13.8 Å². The lowest BCUT2D eigenvalue weighted by Crippen LogP contribution is -2.26. The molecular formula is C29H46O3. The van der Waals surface area contributed by atoms with E-state index < -0.39 is 5.92 Å². The maximum absolute atomic E-state index is 12.5. The molecule has 0 aliphatic heterocycles. The van der Waals surface area contributed by atoms with Gasteiger partial charge in [0.05, 0.1) is 5.92 Å². The minimum atomic E-state index is -0.514. The predicted molar refractivity (Wildman–Crippen MR) is 137 cm³/mol. The molecule has 0 amide bonds. The van der Waals surface area contributed by atoms with Crippen molar-refractivity contribution in [2.75, 3.05) is 0 Å². The third kappa shape index (κ3) is 11.0. The van der Waals surface area contributed by atoms with E-state index in [2.05, 4.69) is 45.9 Å². The first-order valence-corrected chi connectivity index (χ1v) is 12.2. The van der Waals surface area contributed by atoms with E-state index in [9.17, 15) is 14.4 Å². The van der Waals surface area contributed by atoms with E-state index in [1.807, 2.05) is 33.8 Å². The van der Waals surface area contributed by atoms with E-state index in [-0.39, 0.29) is 35.1 Å². The maximum atomic E-state index is 12.5. The van der Waals surface area contributed by atoms with Crippen LogP contribution in [-0.4, -0.2) is 17.3 Å². The maximum Gasteiger partial charge on any atom is 0.161 e. The summed E-state index contributed by atoms with van der Waals surface area (Å²) < 4.78 is 0. The van der Waals surface area contributed by atoms with Crippen LogP contribution in [0.1, 0.15) is 94.9 Å². The lowest BCUT2D eigenvalue weighted by atomic mass is 9.87. The van der Waals surface area contributed by atoms with Crippen LogP contribution in [0.3, 0.4) is 0 Å². The Balaban J connectivity index is 5.15. The highest BCUT2D eigenvalue weighted by Gasteiger charge is 2.24. The van der Waals surface area contributed by atoms with Crippen molar-refractivity contribution in [3.63, 3.8) is 0 Å². The summed E-state index contributed by atoms with van der Waals surface area (Å²) in [6, 6.07) is 0. The van der Waals surface area contributed by atoms with Gasteiger partial charge in [-0.05, 0) is 59.0 Å². The van der Waals surface area contributed by atoms with Gasteiger partial charge < -0.3 is 0 Å². The van der Waals surface area contributed by atoms with Crippen molar-refractivity contribution in [2.45, 2.75) is 94.9 Å². The molecule has 0 saturated heterocycles. The molecule has 4 unspecified atom stereocenters. The molecule has 0 saturated carbocycles.